The summed E-state index contributed by atoms with van der Waals surface area (Å²) in [6.07, 6.45) is -7.24. The Bertz CT molecular complexity index is 1980. The molecule has 1 amide bonds. The summed E-state index contributed by atoms with van der Waals surface area (Å²) in [5.74, 6) is -4.97. The van der Waals surface area contributed by atoms with Crippen LogP contribution in [0.15, 0.2) is 53.5 Å². The van der Waals surface area contributed by atoms with Gasteiger partial charge < -0.3 is 24.3 Å². The average Bonchev–Trinajstić information content (AvgIpc) is 3.06. The van der Waals surface area contributed by atoms with Gasteiger partial charge in [0.25, 0.3) is 11.5 Å². The number of carbonyl (C=O) groups is 2. The monoisotopic (exact) mass is 708 g/mol. The number of rotatable bonds is 9. The molecule has 0 unspecified atom stereocenters. The number of fused-ring (bicyclic) bond motifs is 1. The molecule has 3 heterocycles. The summed E-state index contributed by atoms with van der Waals surface area (Å²) in [6, 6.07) is 5.68. The lowest BCUT2D eigenvalue weighted by Gasteiger charge is -2.37. The molecule has 1 fully saturated rings. The van der Waals surface area contributed by atoms with E-state index in [9.17, 15) is 36.3 Å². The maximum absolute atomic E-state index is 15.3. The van der Waals surface area contributed by atoms with Gasteiger partial charge in [0.2, 0.25) is 6.43 Å². The SMILES string of the molecule is COC(=O)[C@H](Cc1ccc(-c2c(C(F)(F)F)cc(C)n(C)c2=O)c2ncccc12)NC(=O)c1c(F)cc(N2CCOC[C@H]2CC(F)F)cc1F. The van der Waals surface area contributed by atoms with Crippen LogP contribution in [0.4, 0.5) is 36.4 Å². The molecule has 16 heteroatoms. The number of nitrogens with zero attached hydrogens (tertiary/aromatic N) is 3. The molecule has 1 N–H and O–H groups in total. The maximum Gasteiger partial charge on any atom is 0.417 e. The fourth-order valence-electron chi connectivity index (χ4n) is 6.04. The summed E-state index contributed by atoms with van der Waals surface area (Å²) in [4.78, 5) is 44.9. The van der Waals surface area contributed by atoms with Crippen molar-refractivity contribution in [1.82, 2.24) is 14.9 Å². The second-order valence-corrected chi connectivity index (χ2v) is 11.7. The average molecular weight is 709 g/mol. The largest absolute Gasteiger partial charge is 0.467 e. The van der Waals surface area contributed by atoms with Crippen molar-refractivity contribution in [3.8, 4) is 11.1 Å². The number of carbonyl (C=O) groups excluding carboxylic acids is 2. The number of benzene rings is 2. The molecule has 5 rings (SSSR count). The lowest BCUT2D eigenvalue weighted by atomic mass is 9.93. The molecule has 9 nitrogen and oxygen atoms in total. The van der Waals surface area contributed by atoms with E-state index in [1.807, 2.05) is 0 Å². The molecule has 2 atom stereocenters. The van der Waals surface area contributed by atoms with Crippen LogP contribution in [0.5, 0.6) is 0 Å². The first kappa shape index (κ1) is 36.3. The number of anilines is 1. The van der Waals surface area contributed by atoms with E-state index >= 15 is 8.78 Å². The van der Waals surface area contributed by atoms with E-state index in [-0.39, 0.29) is 59.6 Å². The van der Waals surface area contributed by atoms with Crippen molar-refractivity contribution in [3.63, 3.8) is 0 Å². The van der Waals surface area contributed by atoms with Gasteiger partial charge in [-0.05, 0) is 36.8 Å². The van der Waals surface area contributed by atoms with Crippen molar-refractivity contribution >= 4 is 28.5 Å². The van der Waals surface area contributed by atoms with Crippen molar-refractivity contribution in [2.75, 3.05) is 31.8 Å². The zero-order chi connectivity index (χ0) is 36.5. The number of halogens is 7. The van der Waals surface area contributed by atoms with Crippen molar-refractivity contribution in [2.45, 2.75) is 44.5 Å². The van der Waals surface area contributed by atoms with E-state index in [1.54, 1.807) is 0 Å². The fraction of sp³-hybridized carbons (Fsp3) is 0.353. The van der Waals surface area contributed by atoms with Crippen LogP contribution >= 0.6 is 0 Å². The number of hydrogen-bond donors (Lipinski definition) is 1. The minimum absolute atomic E-state index is 0.00710. The molecule has 4 aromatic rings. The molecule has 2 aromatic carbocycles. The predicted molar refractivity (Wildman–Crippen MR) is 168 cm³/mol. The standard InChI is InChI=1S/C34H31F7N4O5/c1-17-11-23(34(39,40)41)28(32(47)44(17)2)22-7-6-18(21-5-4-8-42-30(21)22)12-26(33(48)49-3)43-31(46)29-24(35)13-19(14-25(29)36)45-9-10-50-16-20(45)15-27(37)38/h4-8,11,13-14,20,26-27H,9-10,12,15-16H2,1-3H3,(H,43,46)/t20-,26+/m1/s1. The Labute approximate surface area is 280 Å². The summed E-state index contributed by atoms with van der Waals surface area (Å²) < 4.78 is 111. The van der Waals surface area contributed by atoms with Crippen LogP contribution in [-0.2, 0) is 33.9 Å². The molecule has 0 bridgehead atoms. The molecule has 1 aliphatic heterocycles. The van der Waals surface area contributed by atoms with Gasteiger partial charge in [-0.25, -0.2) is 22.4 Å². The zero-order valence-electron chi connectivity index (χ0n) is 26.9. The topological polar surface area (TPSA) is 103 Å². The number of ether oxygens (including phenoxy) is 2. The predicted octanol–water partition coefficient (Wildman–Crippen LogP) is 5.58. The number of amides is 1. The van der Waals surface area contributed by atoms with E-state index in [2.05, 4.69) is 10.3 Å². The Kier molecular flexibility index (Phi) is 10.5. The van der Waals surface area contributed by atoms with Crippen molar-refractivity contribution in [3.05, 3.63) is 93.0 Å². The minimum atomic E-state index is -4.88. The van der Waals surface area contributed by atoms with Crippen LogP contribution in [0.1, 0.15) is 33.6 Å². The van der Waals surface area contributed by atoms with E-state index in [1.165, 1.54) is 49.3 Å². The number of pyridine rings is 2. The normalized spacial score (nSPS) is 15.7. The number of hydrogen-bond acceptors (Lipinski definition) is 7. The Hall–Kier alpha value is -4.99. The molecule has 0 radical (unpaired) electrons. The molecule has 50 heavy (non-hydrogen) atoms. The number of morpholine rings is 1. The van der Waals surface area contributed by atoms with Gasteiger partial charge in [-0.1, -0.05) is 18.2 Å². The van der Waals surface area contributed by atoms with E-state index in [0.29, 0.717) is 0 Å². The first-order chi connectivity index (χ1) is 23.6. The molecular weight excluding hydrogens is 677 g/mol. The Morgan fingerprint density at radius 1 is 1.12 bits per heavy atom. The smallest absolute Gasteiger partial charge is 0.417 e. The van der Waals surface area contributed by atoms with Gasteiger partial charge in [-0.3, -0.25) is 14.6 Å². The second-order valence-electron chi connectivity index (χ2n) is 11.7. The Balaban J connectivity index is 1.49. The molecule has 0 spiro atoms. The lowest BCUT2D eigenvalue weighted by Crippen LogP contribution is -2.46. The van der Waals surface area contributed by atoms with Gasteiger partial charge in [0.05, 0.1) is 43.0 Å². The van der Waals surface area contributed by atoms with Gasteiger partial charge in [0.15, 0.2) is 0 Å². The number of aryl methyl sites for hydroxylation is 1. The van der Waals surface area contributed by atoms with Crippen LogP contribution in [0, 0.1) is 18.6 Å². The third-order valence-electron chi connectivity index (χ3n) is 8.58. The molecule has 0 saturated carbocycles. The van der Waals surface area contributed by atoms with E-state index < -0.39 is 76.9 Å². The highest BCUT2D eigenvalue weighted by Crippen LogP contribution is 2.38. The van der Waals surface area contributed by atoms with Gasteiger partial charge in [0, 0.05) is 55.0 Å². The first-order valence-electron chi connectivity index (χ1n) is 15.3. The summed E-state index contributed by atoms with van der Waals surface area (Å²) in [7, 11) is 2.35. The van der Waals surface area contributed by atoms with Crippen LogP contribution in [0.3, 0.4) is 0 Å². The van der Waals surface area contributed by atoms with Gasteiger partial charge in [0.1, 0.15) is 23.2 Å². The highest BCUT2D eigenvalue weighted by atomic mass is 19.4. The van der Waals surface area contributed by atoms with Gasteiger partial charge >= 0.3 is 12.1 Å². The van der Waals surface area contributed by atoms with Crippen molar-refractivity contribution < 1.29 is 49.8 Å². The first-order valence-corrected chi connectivity index (χ1v) is 15.3. The van der Waals surface area contributed by atoms with Gasteiger partial charge in [-0.2, -0.15) is 13.2 Å². The Morgan fingerprint density at radius 2 is 1.82 bits per heavy atom. The van der Waals surface area contributed by atoms with Crippen molar-refractivity contribution in [1.29, 1.82) is 0 Å². The fourth-order valence-corrected chi connectivity index (χ4v) is 6.04. The van der Waals surface area contributed by atoms with Crippen LogP contribution in [0.2, 0.25) is 0 Å². The molecule has 1 aliphatic rings. The summed E-state index contributed by atoms with van der Waals surface area (Å²) in [6.45, 7) is 1.47. The molecule has 0 aliphatic carbocycles. The number of nitrogens with one attached hydrogen (secondary N) is 1. The minimum Gasteiger partial charge on any atom is -0.467 e. The Morgan fingerprint density at radius 3 is 2.46 bits per heavy atom. The zero-order valence-corrected chi connectivity index (χ0v) is 26.9. The molecule has 1 saturated heterocycles. The molecular formula is C34H31F7N4O5. The lowest BCUT2D eigenvalue weighted by molar-refractivity contribution is -0.143. The van der Waals surface area contributed by atoms with Crippen molar-refractivity contribution in [2.24, 2.45) is 7.05 Å². The van der Waals surface area contributed by atoms with E-state index in [4.69, 9.17) is 9.47 Å². The molecule has 2 aromatic heterocycles. The summed E-state index contributed by atoms with van der Waals surface area (Å²) >= 11 is 0. The van der Waals surface area contributed by atoms with E-state index in [0.717, 1.165) is 29.9 Å². The summed E-state index contributed by atoms with van der Waals surface area (Å²) in [5, 5.41) is 2.49. The van der Waals surface area contributed by atoms with Crippen LogP contribution < -0.4 is 15.8 Å². The number of methoxy groups -OCH3 is 1. The molecule has 266 valence electrons. The van der Waals surface area contributed by atoms with Gasteiger partial charge in [-0.15, -0.1) is 0 Å². The maximum atomic E-state index is 15.3. The number of alkyl halides is 5. The second kappa shape index (κ2) is 14.5. The van der Waals surface area contributed by atoms with Crippen LogP contribution in [-0.4, -0.2) is 66.8 Å². The third-order valence-corrected chi connectivity index (χ3v) is 8.58. The van der Waals surface area contributed by atoms with Crippen LogP contribution in [0.25, 0.3) is 22.0 Å². The number of aromatic nitrogens is 2. The number of esters is 1. The highest BCUT2D eigenvalue weighted by Gasteiger charge is 2.37. The highest BCUT2D eigenvalue weighted by molar-refractivity contribution is 5.99. The third kappa shape index (κ3) is 7.29. The summed E-state index contributed by atoms with van der Waals surface area (Å²) in [5.41, 5.74) is -3.61. The quantitative estimate of drug-likeness (QED) is 0.179.